The Bertz CT molecular complexity index is 2900. The Morgan fingerprint density at radius 1 is 0.314 bits per heavy atom. The fraction of sp³-hybridized carbons (Fsp3) is 0. The van der Waals surface area contributed by atoms with Crippen molar-refractivity contribution in [3.05, 3.63) is 176 Å². The van der Waals surface area contributed by atoms with Crippen LogP contribution in [0.15, 0.2) is 180 Å². The molecule has 0 saturated carbocycles. The summed E-state index contributed by atoms with van der Waals surface area (Å²) in [6.45, 7) is 0. The van der Waals surface area contributed by atoms with Crippen LogP contribution in [0.4, 0.5) is 0 Å². The van der Waals surface area contributed by atoms with Crippen molar-refractivity contribution in [2.75, 3.05) is 0 Å². The van der Waals surface area contributed by atoms with Crippen LogP contribution in [0.25, 0.3) is 99.9 Å². The quantitative estimate of drug-likeness (QED) is 0.186. The van der Waals surface area contributed by atoms with E-state index in [1.54, 1.807) is 0 Å². The summed E-state index contributed by atoms with van der Waals surface area (Å²) in [4.78, 5) is 15.5. The summed E-state index contributed by atoms with van der Waals surface area (Å²) in [6.07, 6.45) is 0. The first-order valence-electron chi connectivity index (χ1n) is 17.1. The molecule has 0 N–H and O–H groups in total. The number of furan rings is 1. The van der Waals surface area contributed by atoms with Crippen molar-refractivity contribution >= 4 is 43.5 Å². The highest BCUT2D eigenvalue weighted by Crippen LogP contribution is 2.42. The highest BCUT2D eigenvalue weighted by molar-refractivity contribution is 6.23. The first kappa shape index (κ1) is 29.0. The van der Waals surface area contributed by atoms with Crippen LogP contribution in [0, 0.1) is 0 Å². The molecule has 0 aliphatic carbocycles. The number of aromatic nitrogens is 3. The summed E-state index contributed by atoms with van der Waals surface area (Å²) < 4.78 is 6.63. The van der Waals surface area contributed by atoms with Gasteiger partial charge in [-0.3, -0.25) is 0 Å². The molecular weight excluding hydrogens is 623 g/mol. The number of rotatable bonds is 5. The zero-order chi connectivity index (χ0) is 33.7. The topological polar surface area (TPSA) is 51.8 Å². The Morgan fingerprint density at radius 3 is 1.63 bits per heavy atom. The van der Waals surface area contributed by atoms with Crippen molar-refractivity contribution in [3.8, 4) is 56.4 Å². The van der Waals surface area contributed by atoms with Crippen LogP contribution in [0.3, 0.4) is 0 Å². The number of benzene rings is 8. The van der Waals surface area contributed by atoms with E-state index in [9.17, 15) is 0 Å². The van der Waals surface area contributed by atoms with Gasteiger partial charge in [-0.1, -0.05) is 152 Å². The maximum Gasteiger partial charge on any atom is 0.164 e. The zero-order valence-electron chi connectivity index (χ0n) is 27.5. The van der Waals surface area contributed by atoms with Crippen LogP contribution >= 0.6 is 0 Å². The van der Waals surface area contributed by atoms with Crippen LogP contribution in [0.2, 0.25) is 0 Å². The lowest BCUT2D eigenvalue weighted by molar-refractivity contribution is 0.669. The van der Waals surface area contributed by atoms with E-state index in [2.05, 4.69) is 140 Å². The van der Waals surface area contributed by atoms with Gasteiger partial charge in [0.1, 0.15) is 11.2 Å². The van der Waals surface area contributed by atoms with E-state index < -0.39 is 0 Å². The van der Waals surface area contributed by atoms with Crippen molar-refractivity contribution in [3.63, 3.8) is 0 Å². The van der Waals surface area contributed by atoms with E-state index in [0.29, 0.717) is 17.5 Å². The average molecular weight is 652 g/mol. The number of nitrogens with zero attached hydrogens (tertiary/aromatic N) is 3. The van der Waals surface area contributed by atoms with Gasteiger partial charge < -0.3 is 4.42 Å². The number of hydrogen-bond donors (Lipinski definition) is 0. The van der Waals surface area contributed by atoms with Gasteiger partial charge in [-0.2, -0.15) is 0 Å². The van der Waals surface area contributed by atoms with Gasteiger partial charge in [0.05, 0.1) is 0 Å². The molecule has 2 aromatic heterocycles. The van der Waals surface area contributed by atoms with Crippen LogP contribution < -0.4 is 0 Å². The van der Waals surface area contributed by atoms with Gasteiger partial charge in [0.2, 0.25) is 0 Å². The molecule has 0 saturated heterocycles. The minimum Gasteiger partial charge on any atom is -0.456 e. The molecule has 51 heavy (non-hydrogen) atoms. The fourth-order valence-electron chi connectivity index (χ4n) is 7.16. The summed E-state index contributed by atoms with van der Waals surface area (Å²) in [5, 5.41) is 6.78. The molecule has 0 amide bonds. The fourth-order valence-corrected chi connectivity index (χ4v) is 7.16. The molecule has 0 fully saturated rings. The summed E-state index contributed by atoms with van der Waals surface area (Å²) in [7, 11) is 0. The molecule has 0 spiro atoms. The summed E-state index contributed by atoms with van der Waals surface area (Å²) in [5.74, 6) is 1.82. The highest BCUT2D eigenvalue weighted by Gasteiger charge is 2.21. The number of hydrogen-bond acceptors (Lipinski definition) is 4. The molecule has 4 heteroatoms. The second kappa shape index (κ2) is 11.9. The molecule has 10 aromatic rings. The van der Waals surface area contributed by atoms with E-state index in [4.69, 9.17) is 19.4 Å². The first-order valence-corrected chi connectivity index (χ1v) is 17.1. The van der Waals surface area contributed by atoms with E-state index >= 15 is 0 Å². The monoisotopic (exact) mass is 651 g/mol. The summed E-state index contributed by atoms with van der Waals surface area (Å²) in [6, 6.07) is 61.0. The minimum atomic E-state index is 0.593. The second-order valence-corrected chi connectivity index (χ2v) is 12.8. The third-order valence-corrected chi connectivity index (χ3v) is 9.70. The first-order chi connectivity index (χ1) is 25.2. The number of fused-ring (bicyclic) bond motifs is 6. The zero-order valence-corrected chi connectivity index (χ0v) is 27.5. The molecule has 0 unspecified atom stereocenters. The third kappa shape index (κ3) is 5.13. The molecule has 0 bridgehead atoms. The maximum atomic E-state index is 6.63. The lowest BCUT2D eigenvalue weighted by Gasteiger charge is -2.12. The second-order valence-electron chi connectivity index (χ2n) is 12.8. The molecule has 4 nitrogen and oxygen atoms in total. The molecule has 0 atom stereocenters. The molecule has 0 radical (unpaired) electrons. The summed E-state index contributed by atoms with van der Waals surface area (Å²) >= 11 is 0. The maximum absolute atomic E-state index is 6.63. The van der Waals surface area contributed by atoms with Crippen LogP contribution in [-0.2, 0) is 0 Å². The molecule has 0 aliphatic rings. The van der Waals surface area contributed by atoms with Gasteiger partial charge in [-0.25, -0.2) is 15.0 Å². The van der Waals surface area contributed by atoms with Crippen molar-refractivity contribution in [1.82, 2.24) is 15.0 Å². The van der Waals surface area contributed by atoms with E-state index in [1.807, 2.05) is 36.4 Å². The lowest BCUT2D eigenvalue weighted by Crippen LogP contribution is -2.00. The van der Waals surface area contributed by atoms with Crippen molar-refractivity contribution < 1.29 is 4.42 Å². The van der Waals surface area contributed by atoms with Crippen molar-refractivity contribution in [2.45, 2.75) is 0 Å². The largest absolute Gasteiger partial charge is 0.456 e. The Kier molecular flexibility index (Phi) is 6.78. The Labute approximate surface area is 294 Å². The predicted octanol–water partition coefficient (Wildman–Crippen LogP) is 12.4. The predicted molar refractivity (Wildman–Crippen MR) is 209 cm³/mol. The molecule has 10 rings (SSSR count). The molecule has 238 valence electrons. The van der Waals surface area contributed by atoms with Crippen LogP contribution in [0.5, 0.6) is 0 Å². The average Bonchev–Trinajstić information content (AvgIpc) is 3.60. The van der Waals surface area contributed by atoms with Crippen molar-refractivity contribution in [1.29, 1.82) is 0 Å². The smallest absolute Gasteiger partial charge is 0.164 e. The molecule has 2 heterocycles. The van der Waals surface area contributed by atoms with Gasteiger partial charge in [0, 0.05) is 27.5 Å². The van der Waals surface area contributed by atoms with E-state index in [-0.39, 0.29) is 0 Å². The van der Waals surface area contributed by atoms with Gasteiger partial charge in [-0.15, -0.1) is 0 Å². The van der Waals surface area contributed by atoms with Gasteiger partial charge in [0.25, 0.3) is 0 Å². The Balaban J connectivity index is 1.20. The van der Waals surface area contributed by atoms with Gasteiger partial charge in [0.15, 0.2) is 17.5 Å². The van der Waals surface area contributed by atoms with Gasteiger partial charge >= 0.3 is 0 Å². The molecular formula is C47H29N3O. The SMILES string of the molecule is c1ccc(-c2cc(-c3nc(-c4ccccc4)nc(-c4ccc(-c5ccc6ccccc6c5)cc4)n3)c3c(c2)oc2ccc4ccccc4c23)cc1. The van der Waals surface area contributed by atoms with Crippen LogP contribution in [-0.4, -0.2) is 15.0 Å². The molecule has 0 aliphatic heterocycles. The highest BCUT2D eigenvalue weighted by atomic mass is 16.3. The van der Waals surface area contributed by atoms with Gasteiger partial charge in [-0.05, 0) is 68.1 Å². The minimum absolute atomic E-state index is 0.593. The van der Waals surface area contributed by atoms with Crippen LogP contribution in [0.1, 0.15) is 0 Å². The van der Waals surface area contributed by atoms with E-state index in [0.717, 1.165) is 66.1 Å². The molecule has 8 aromatic carbocycles. The standard InChI is InChI=1S/C47H29N3O/c1-3-11-30(12-4-1)38-28-40(44-42(29-38)51-41-26-25-33-14-9-10-18-39(33)43(41)44)47-49-45(34-15-5-2-6-16-34)48-46(50-47)35-22-19-32(20-23-35)37-24-21-31-13-7-8-17-36(31)27-37/h1-29H. The van der Waals surface area contributed by atoms with E-state index in [1.165, 1.54) is 16.3 Å². The normalized spacial score (nSPS) is 11.5. The lowest BCUT2D eigenvalue weighted by atomic mass is 9.96. The third-order valence-electron chi connectivity index (χ3n) is 9.70. The van der Waals surface area contributed by atoms with Crippen molar-refractivity contribution in [2.24, 2.45) is 0 Å². The summed E-state index contributed by atoms with van der Waals surface area (Å²) in [5.41, 5.74) is 8.79. The Hall–Kier alpha value is -6.91. The Morgan fingerprint density at radius 2 is 0.863 bits per heavy atom.